The standard InChI is InChI=1S/C18H19ClN2O2/c19-16-3-1-2-15(12-16)18(22)20-13-14-4-6-17(7-5-14)21-8-10-23-11-9-21/h1-7,12H,8-11,13H2,(H,20,22). The van der Waals surface area contributed by atoms with Gasteiger partial charge in [0.05, 0.1) is 13.2 Å². The van der Waals surface area contributed by atoms with Crippen molar-refractivity contribution in [1.29, 1.82) is 0 Å². The third kappa shape index (κ3) is 4.24. The molecule has 0 aliphatic carbocycles. The van der Waals surface area contributed by atoms with E-state index >= 15 is 0 Å². The first kappa shape index (κ1) is 15.8. The molecule has 0 aromatic heterocycles. The number of hydrogen-bond acceptors (Lipinski definition) is 3. The molecule has 1 aliphatic rings. The van der Waals surface area contributed by atoms with Crippen LogP contribution in [-0.4, -0.2) is 32.2 Å². The zero-order valence-electron chi connectivity index (χ0n) is 12.8. The van der Waals surface area contributed by atoms with Crippen LogP contribution < -0.4 is 10.2 Å². The second-order valence-corrected chi connectivity index (χ2v) is 5.90. The van der Waals surface area contributed by atoms with Crippen LogP contribution in [0.25, 0.3) is 0 Å². The highest BCUT2D eigenvalue weighted by atomic mass is 35.5. The Kier molecular flexibility index (Phi) is 5.16. The van der Waals surface area contributed by atoms with Crippen LogP contribution in [0.5, 0.6) is 0 Å². The molecule has 23 heavy (non-hydrogen) atoms. The molecule has 1 amide bonds. The maximum absolute atomic E-state index is 12.1. The number of rotatable bonds is 4. The summed E-state index contributed by atoms with van der Waals surface area (Å²) in [5, 5.41) is 3.47. The third-order valence-corrected chi connectivity index (χ3v) is 4.09. The number of benzene rings is 2. The molecule has 5 heteroatoms. The number of amides is 1. The number of ether oxygens (including phenoxy) is 1. The second kappa shape index (κ2) is 7.49. The maximum Gasteiger partial charge on any atom is 0.251 e. The molecular formula is C18H19ClN2O2. The van der Waals surface area contributed by atoms with Gasteiger partial charge in [-0.05, 0) is 35.9 Å². The van der Waals surface area contributed by atoms with Gasteiger partial charge in [0.25, 0.3) is 5.91 Å². The quantitative estimate of drug-likeness (QED) is 0.936. The van der Waals surface area contributed by atoms with Crippen molar-refractivity contribution < 1.29 is 9.53 Å². The summed E-state index contributed by atoms with van der Waals surface area (Å²) in [5.74, 6) is -0.121. The Bertz CT molecular complexity index is 667. The number of hydrogen-bond donors (Lipinski definition) is 1. The molecule has 0 atom stereocenters. The highest BCUT2D eigenvalue weighted by Gasteiger charge is 2.11. The molecule has 1 N–H and O–H groups in total. The number of carbonyl (C=O) groups excluding carboxylic acids is 1. The number of morpholine rings is 1. The Balaban J connectivity index is 1.57. The van der Waals surface area contributed by atoms with E-state index in [9.17, 15) is 4.79 Å². The minimum Gasteiger partial charge on any atom is -0.378 e. The van der Waals surface area contributed by atoms with Gasteiger partial charge in [-0.1, -0.05) is 29.8 Å². The summed E-state index contributed by atoms with van der Waals surface area (Å²) in [7, 11) is 0. The molecule has 0 unspecified atom stereocenters. The van der Waals surface area contributed by atoms with Crippen molar-refractivity contribution in [2.24, 2.45) is 0 Å². The monoisotopic (exact) mass is 330 g/mol. The first-order valence-corrected chi connectivity index (χ1v) is 8.05. The Labute approximate surface area is 141 Å². The van der Waals surface area contributed by atoms with Crippen molar-refractivity contribution in [3.05, 3.63) is 64.7 Å². The average molecular weight is 331 g/mol. The van der Waals surface area contributed by atoms with Crippen LogP contribution in [0.3, 0.4) is 0 Å². The van der Waals surface area contributed by atoms with Gasteiger partial charge in [0.2, 0.25) is 0 Å². The summed E-state index contributed by atoms with van der Waals surface area (Å²) in [6.07, 6.45) is 0. The van der Waals surface area contributed by atoms with Crippen LogP contribution >= 0.6 is 11.6 Å². The maximum atomic E-state index is 12.1. The summed E-state index contributed by atoms with van der Waals surface area (Å²) in [4.78, 5) is 14.4. The van der Waals surface area contributed by atoms with Crippen molar-refractivity contribution in [1.82, 2.24) is 5.32 Å². The van der Waals surface area contributed by atoms with Crippen molar-refractivity contribution in [3.8, 4) is 0 Å². The fraction of sp³-hybridized carbons (Fsp3) is 0.278. The molecular weight excluding hydrogens is 312 g/mol. The van der Waals surface area contributed by atoms with Crippen LogP contribution in [0.1, 0.15) is 15.9 Å². The largest absolute Gasteiger partial charge is 0.378 e. The van der Waals surface area contributed by atoms with E-state index in [4.69, 9.17) is 16.3 Å². The summed E-state index contributed by atoms with van der Waals surface area (Å²) in [6.45, 7) is 3.89. The number of halogens is 1. The van der Waals surface area contributed by atoms with Crippen molar-refractivity contribution in [2.75, 3.05) is 31.2 Å². The second-order valence-electron chi connectivity index (χ2n) is 5.46. The molecule has 2 aromatic carbocycles. The smallest absolute Gasteiger partial charge is 0.251 e. The predicted molar refractivity (Wildman–Crippen MR) is 92.1 cm³/mol. The zero-order chi connectivity index (χ0) is 16.1. The molecule has 1 saturated heterocycles. The molecule has 0 saturated carbocycles. The van der Waals surface area contributed by atoms with E-state index in [1.54, 1.807) is 24.3 Å². The molecule has 1 heterocycles. The molecule has 4 nitrogen and oxygen atoms in total. The van der Waals surface area contributed by atoms with Crippen LogP contribution in [0.15, 0.2) is 48.5 Å². The van der Waals surface area contributed by atoms with Crippen molar-refractivity contribution in [2.45, 2.75) is 6.54 Å². The minimum absolute atomic E-state index is 0.121. The first-order chi connectivity index (χ1) is 11.2. The molecule has 0 spiro atoms. The number of carbonyl (C=O) groups is 1. The van der Waals surface area contributed by atoms with E-state index in [-0.39, 0.29) is 5.91 Å². The molecule has 120 valence electrons. The van der Waals surface area contributed by atoms with E-state index in [1.807, 2.05) is 12.1 Å². The molecule has 3 rings (SSSR count). The fourth-order valence-electron chi connectivity index (χ4n) is 2.56. The number of nitrogens with zero attached hydrogens (tertiary/aromatic N) is 1. The molecule has 2 aromatic rings. The van der Waals surface area contributed by atoms with Gasteiger partial charge < -0.3 is 15.0 Å². The lowest BCUT2D eigenvalue weighted by molar-refractivity contribution is 0.0951. The van der Waals surface area contributed by atoms with Crippen LogP contribution in [0, 0.1) is 0 Å². The van der Waals surface area contributed by atoms with Gasteiger partial charge in [-0.25, -0.2) is 0 Å². The first-order valence-electron chi connectivity index (χ1n) is 7.68. The normalized spacial score (nSPS) is 14.6. The highest BCUT2D eigenvalue weighted by molar-refractivity contribution is 6.30. The SMILES string of the molecule is O=C(NCc1ccc(N2CCOCC2)cc1)c1cccc(Cl)c1. The van der Waals surface area contributed by atoms with Gasteiger partial charge in [-0.15, -0.1) is 0 Å². The summed E-state index contributed by atoms with van der Waals surface area (Å²) < 4.78 is 5.36. The lowest BCUT2D eigenvalue weighted by atomic mass is 10.1. The van der Waals surface area contributed by atoms with Gasteiger partial charge in [0.15, 0.2) is 0 Å². The van der Waals surface area contributed by atoms with Crippen molar-refractivity contribution in [3.63, 3.8) is 0 Å². The topological polar surface area (TPSA) is 41.6 Å². The average Bonchev–Trinajstić information content (AvgIpc) is 2.61. The predicted octanol–water partition coefficient (Wildman–Crippen LogP) is 3.11. The van der Waals surface area contributed by atoms with E-state index in [0.29, 0.717) is 17.1 Å². The van der Waals surface area contributed by atoms with Gasteiger partial charge in [-0.2, -0.15) is 0 Å². The Morgan fingerprint density at radius 1 is 1.13 bits per heavy atom. The fourth-order valence-corrected chi connectivity index (χ4v) is 2.75. The molecule has 0 radical (unpaired) electrons. The number of anilines is 1. The summed E-state index contributed by atoms with van der Waals surface area (Å²) in [6, 6.07) is 15.2. The third-order valence-electron chi connectivity index (χ3n) is 3.85. The summed E-state index contributed by atoms with van der Waals surface area (Å²) >= 11 is 5.90. The van der Waals surface area contributed by atoms with Gasteiger partial charge in [-0.3, -0.25) is 4.79 Å². The van der Waals surface area contributed by atoms with E-state index in [0.717, 1.165) is 31.9 Å². The zero-order valence-corrected chi connectivity index (χ0v) is 13.6. The minimum atomic E-state index is -0.121. The summed E-state index contributed by atoms with van der Waals surface area (Å²) in [5.41, 5.74) is 2.83. The van der Waals surface area contributed by atoms with Gasteiger partial charge in [0, 0.05) is 35.9 Å². The van der Waals surface area contributed by atoms with Crippen molar-refractivity contribution >= 4 is 23.2 Å². The molecule has 1 fully saturated rings. The highest BCUT2D eigenvalue weighted by Crippen LogP contribution is 2.17. The number of nitrogens with one attached hydrogen (secondary N) is 1. The molecule has 0 bridgehead atoms. The Morgan fingerprint density at radius 2 is 1.87 bits per heavy atom. The van der Waals surface area contributed by atoms with E-state index in [1.165, 1.54) is 5.69 Å². The van der Waals surface area contributed by atoms with E-state index < -0.39 is 0 Å². The lowest BCUT2D eigenvalue weighted by Crippen LogP contribution is -2.36. The van der Waals surface area contributed by atoms with Gasteiger partial charge in [0.1, 0.15) is 0 Å². The molecule has 1 aliphatic heterocycles. The van der Waals surface area contributed by atoms with Crippen LogP contribution in [0.4, 0.5) is 5.69 Å². The lowest BCUT2D eigenvalue weighted by Gasteiger charge is -2.28. The van der Waals surface area contributed by atoms with Gasteiger partial charge >= 0.3 is 0 Å². The van der Waals surface area contributed by atoms with Crippen LogP contribution in [0.2, 0.25) is 5.02 Å². The van der Waals surface area contributed by atoms with E-state index in [2.05, 4.69) is 22.3 Å². The van der Waals surface area contributed by atoms with Crippen LogP contribution in [-0.2, 0) is 11.3 Å². The Morgan fingerprint density at radius 3 is 2.57 bits per heavy atom. The Hall–Kier alpha value is -2.04.